The lowest BCUT2D eigenvalue weighted by molar-refractivity contribution is -0.134. The van der Waals surface area contributed by atoms with Crippen LogP contribution < -0.4 is 0 Å². The topological polar surface area (TPSA) is 49.9 Å². The predicted molar refractivity (Wildman–Crippen MR) is 75.0 cm³/mol. The fraction of sp³-hybridized carbons (Fsp3) is 0.846. The van der Waals surface area contributed by atoms with Gasteiger partial charge in [0.25, 0.3) is 0 Å². The summed E-state index contributed by atoms with van der Waals surface area (Å²) in [6, 6.07) is 0.00374. The molecule has 0 aromatic rings. The van der Waals surface area contributed by atoms with Crippen LogP contribution in [0.1, 0.15) is 33.6 Å². The molecule has 2 aliphatic rings. The van der Waals surface area contributed by atoms with Crippen LogP contribution in [0.2, 0.25) is 0 Å². The van der Waals surface area contributed by atoms with Gasteiger partial charge in [-0.15, -0.1) is 11.8 Å². The van der Waals surface area contributed by atoms with Crippen LogP contribution in [0.4, 0.5) is 4.79 Å². The van der Waals surface area contributed by atoms with Crippen molar-refractivity contribution in [1.82, 2.24) is 9.80 Å². The van der Waals surface area contributed by atoms with Crippen molar-refractivity contribution in [3.63, 3.8) is 0 Å². The van der Waals surface area contributed by atoms with E-state index in [1.165, 1.54) is 0 Å². The zero-order valence-electron chi connectivity index (χ0n) is 12.0. The van der Waals surface area contributed by atoms with Gasteiger partial charge in [-0.2, -0.15) is 0 Å². The van der Waals surface area contributed by atoms with Gasteiger partial charge in [0.05, 0.1) is 5.88 Å². The SMILES string of the molecule is CN(C(=O)[C@@H]1CSCN1C(=O)OC(C)(C)C)C1CC1. The molecule has 0 spiro atoms. The molecular formula is C13H22N2O3S. The Morgan fingerprint density at radius 1 is 1.32 bits per heavy atom. The van der Waals surface area contributed by atoms with Crippen LogP contribution in [0.3, 0.4) is 0 Å². The Kier molecular flexibility index (Phi) is 3.99. The van der Waals surface area contributed by atoms with Gasteiger partial charge in [0.15, 0.2) is 0 Å². The van der Waals surface area contributed by atoms with Gasteiger partial charge >= 0.3 is 6.09 Å². The molecule has 1 saturated heterocycles. The third kappa shape index (κ3) is 3.55. The van der Waals surface area contributed by atoms with Crippen molar-refractivity contribution >= 4 is 23.8 Å². The van der Waals surface area contributed by atoms with Crippen molar-refractivity contribution in [1.29, 1.82) is 0 Å². The van der Waals surface area contributed by atoms with Crippen LogP contribution in [-0.2, 0) is 9.53 Å². The van der Waals surface area contributed by atoms with Crippen LogP contribution in [0.15, 0.2) is 0 Å². The lowest BCUT2D eigenvalue weighted by Gasteiger charge is -2.29. The predicted octanol–water partition coefficient (Wildman–Crippen LogP) is 1.92. The largest absolute Gasteiger partial charge is 0.444 e. The van der Waals surface area contributed by atoms with E-state index in [0.717, 1.165) is 12.8 Å². The summed E-state index contributed by atoms with van der Waals surface area (Å²) in [5.41, 5.74) is -0.527. The Hall–Kier alpha value is -0.910. The standard InChI is InChI=1S/C13H22N2O3S/c1-13(2,3)18-12(17)15-8-19-7-10(15)11(16)14(4)9-5-6-9/h9-10H,5-8H2,1-4H3/t10-/m0/s1. The molecule has 5 nitrogen and oxygen atoms in total. The van der Waals surface area contributed by atoms with Crippen molar-refractivity contribution in [3.8, 4) is 0 Å². The van der Waals surface area contributed by atoms with E-state index in [-0.39, 0.29) is 18.0 Å². The molecule has 2 fully saturated rings. The molecule has 108 valence electrons. The van der Waals surface area contributed by atoms with Gasteiger partial charge in [-0.1, -0.05) is 0 Å². The van der Waals surface area contributed by atoms with E-state index < -0.39 is 5.60 Å². The second-order valence-corrected chi connectivity index (χ2v) is 7.15. The van der Waals surface area contributed by atoms with Gasteiger partial charge in [-0.25, -0.2) is 4.79 Å². The molecule has 0 aromatic heterocycles. The summed E-state index contributed by atoms with van der Waals surface area (Å²) >= 11 is 1.60. The highest BCUT2D eigenvalue weighted by Crippen LogP contribution is 2.30. The van der Waals surface area contributed by atoms with E-state index in [2.05, 4.69) is 0 Å². The lowest BCUT2D eigenvalue weighted by Crippen LogP contribution is -2.49. The first kappa shape index (κ1) is 14.5. The van der Waals surface area contributed by atoms with Gasteiger partial charge in [0.1, 0.15) is 11.6 Å². The number of hydrogen-bond donors (Lipinski definition) is 0. The molecule has 1 atom stereocenters. The number of ether oxygens (including phenoxy) is 1. The van der Waals surface area contributed by atoms with Gasteiger partial charge in [-0.3, -0.25) is 9.69 Å². The zero-order chi connectivity index (χ0) is 14.2. The Morgan fingerprint density at radius 3 is 2.47 bits per heavy atom. The number of carbonyl (C=O) groups is 2. The van der Waals surface area contributed by atoms with Crippen molar-refractivity contribution in [2.75, 3.05) is 18.7 Å². The Morgan fingerprint density at radius 2 is 1.95 bits per heavy atom. The number of carbonyl (C=O) groups excluding carboxylic acids is 2. The number of amides is 2. The van der Waals surface area contributed by atoms with Crippen molar-refractivity contribution in [2.24, 2.45) is 0 Å². The second-order valence-electron chi connectivity index (χ2n) is 6.15. The molecule has 6 heteroatoms. The first-order chi connectivity index (χ1) is 8.79. The highest BCUT2D eigenvalue weighted by Gasteiger charge is 2.41. The summed E-state index contributed by atoms with van der Waals surface area (Å²) in [6.45, 7) is 5.50. The van der Waals surface area contributed by atoms with E-state index in [1.807, 2.05) is 27.8 Å². The van der Waals surface area contributed by atoms with Gasteiger partial charge < -0.3 is 9.64 Å². The minimum Gasteiger partial charge on any atom is -0.444 e. The highest BCUT2D eigenvalue weighted by atomic mass is 32.2. The number of thioether (sulfide) groups is 1. The molecule has 1 heterocycles. The summed E-state index contributed by atoms with van der Waals surface area (Å²) in [5.74, 6) is 1.23. The van der Waals surface area contributed by atoms with Crippen molar-refractivity contribution < 1.29 is 14.3 Å². The van der Waals surface area contributed by atoms with Gasteiger partial charge in [-0.05, 0) is 33.6 Å². The third-order valence-corrected chi connectivity index (χ3v) is 4.25. The molecular weight excluding hydrogens is 264 g/mol. The molecule has 1 aliphatic heterocycles. The minimum absolute atomic E-state index is 0.0401. The molecule has 0 aromatic carbocycles. The fourth-order valence-electron chi connectivity index (χ4n) is 2.02. The van der Waals surface area contributed by atoms with E-state index in [4.69, 9.17) is 4.74 Å². The quantitative estimate of drug-likeness (QED) is 0.778. The summed E-state index contributed by atoms with van der Waals surface area (Å²) < 4.78 is 5.36. The maximum Gasteiger partial charge on any atom is 0.411 e. The number of hydrogen-bond acceptors (Lipinski definition) is 4. The smallest absolute Gasteiger partial charge is 0.411 e. The maximum absolute atomic E-state index is 12.4. The number of likely N-dealkylation sites (N-methyl/N-ethyl adjacent to an activating group) is 1. The average molecular weight is 286 g/mol. The Labute approximate surface area is 118 Å². The Balaban J connectivity index is 1.99. The van der Waals surface area contributed by atoms with Crippen molar-refractivity contribution in [2.45, 2.75) is 51.3 Å². The van der Waals surface area contributed by atoms with Crippen LogP contribution in [0.25, 0.3) is 0 Å². The summed E-state index contributed by atoms with van der Waals surface area (Å²) in [5, 5.41) is 0. The van der Waals surface area contributed by atoms with E-state index in [9.17, 15) is 9.59 Å². The first-order valence-corrected chi connectivity index (χ1v) is 7.79. The van der Waals surface area contributed by atoms with Crippen LogP contribution >= 0.6 is 11.8 Å². The molecule has 2 rings (SSSR count). The molecule has 0 bridgehead atoms. The van der Waals surface area contributed by atoms with E-state index in [1.54, 1.807) is 21.6 Å². The zero-order valence-corrected chi connectivity index (χ0v) is 12.8. The normalized spacial score (nSPS) is 23.4. The molecule has 19 heavy (non-hydrogen) atoms. The summed E-state index contributed by atoms with van der Waals surface area (Å²) in [4.78, 5) is 27.8. The lowest BCUT2D eigenvalue weighted by atomic mass is 10.2. The number of nitrogens with zero attached hydrogens (tertiary/aromatic N) is 2. The monoisotopic (exact) mass is 286 g/mol. The third-order valence-electron chi connectivity index (χ3n) is 3.24. The van der Waals surface area contributed by atoms with E-state index in [0.29, 0.717) is 17.7 Å². The second kappa shape index (κ2) is 5.23. The van der Waals surface area contributed by atoms with Gasteiger partial charge in [0, 0.05) is 18.8 Å². The highest BCUT2D eigenvalue weighted by molar-refractivity contribution is 7.99. The minimum atomic E-state index is -0.527. The van der Waals surface area contributed by atoms with Crippen LogP contribution in [0, 0.1) is 0 Å². The molecule has 0 unspecified atom stereocenters. The Bertz CT molecular complexity index is 377. The summed E-state index contributed by atoms with van der Waals surface area (Å²) in [6.07, 6.45) is 1.77. The fourth-order valence-corrected chi connectivity index (χ4v) is 3.16. The van der Waals surface area contributed by atoms with Crippen LogP contribution in [-0.4, -0.2) is 58.2 Å². The van der Waals surface area contributed by atoms with Crippen molar-refractivity contribution in [3.05, 3.63) is 0 Å². The molecule has 1 saturated carbocycles. The van der Waals surface area contributed by atoms with Crippen LogP contribution in [0.5, 0.6) is 0 Å². The van der Waals surface area contributed by atoms with E-state index >= 15 is 0 Å². The molecule has 0 N–H and O–H groups in total. The summed E-state index contributed by atoms with van der Waals surface area (Å²) in [7, 11) is 1.83. The number of rotatable bonds is 2. The molecule has 2 amide bonds. The van der Waals surface area contributed by atoms with Gasteiger partial charge in [0.2, 0.25) is 5.91 Å². The molecule has 1 aliphatic carbocycles. The molecule has 0 radical (unpaired) electrons. The average Bonchev–Trinajstić information content (AvgIpc) is 3.02. The maximum atomic E-state index is 12.4. The first-order valence-electron chi connectivity index (χ1n) is 6.63.